The Morgan fingerprint density at radius 2 is 1.12 bits per heavy atom. The summed E-state index contributed by atoms with van der Waals surface area (Å²) in [5.41, 5.74) is 7.14. The molecule has 0 fully saturated rings. The molecule has 0 aliphatic carbocycles. The van der Waals surface area contributed by atoms with Gasteiger partial charge in [-0.3, -0.25) is 20.1 Å². The molecule has 7 N–H and O–H groups in total. The van der Waals surface area contributed by atoms with Gasteiger partial charge >= 0.3 is 6.09 Å². The second kappa shape index (κ2) is 35.3. The average Bonchev–Trinajstić information content (AvgIpc) is 1.84. The number of amides is 1. The molecule has 19 nitrogen and oxygen atoms in total. The maximum atomic E-state index is 13.6. The van der Waals surface area contributed by atoms with E-state index in [1.165, 1.54) is 23.1 Å². The van der Waals surface area contributed by atoms with E-state index in [0.29, 0.717) is 80.1 Å². The van der Waals surface area contributed by atoms with Gasteiger partial charge in [-0.15, -0.1) is 0 Å². The molecule has 476 valence electrons. The lowest BCUT2D eigenvalue weighted by Crippen LogP contribution is -2.48. The summed E-state index contributed by atoms with van der Waals surface area (Å²) in [6, 6.07) is 50.2. The van der Waals surface area contributed by atoms with E-state index in [1.807, 2.05) is 78.9 Å². The van der Waals surface area contributed by atoms with Gasteiger partial charge < -0.3 is 54.1 Å². The van der Waals surface area contributed by atoms with E-state index in [2.05, 4.69) is 47.8 Å². The highest BCUT2D eigenvalue weighted by Gasteiger charge is 2.39. The van der Waals surface area contributed by atoms with Gasteiger partial charge in [-0.2, -0.15) is 0 Å². The number of sulfone groups is 1. The van der Waals surface area contributed by atoms with Gasteiger partial charge in [0.2, 0.25) is 15.0 Å². The summed E-state index contributed by atoms with van der Waals surface area (Å²) in [6.45, 7) is 9.25. The van der Waals surface area contributed by atoms with Crippen molar-refractivity contribution < 1.29 is 60.6 Å². The monoisotopic (exact) mass is 1240 g/mol. The molecule has 7 aromatic rings. The van der Waals surface area contributed by atoms with Crippen LogP contribution in [-0.2, 0) is 50.1 Å². The van der Waals surface area contributed by atoms with Gasteiger partial charge in [0.25, 0.3) is 0 Å². The summed E-state index contributed by atoms with van der Waals surface area (Å²) in [6.07, 6.45) is 5.82. The molecule has 2 aliphatic heterocycles. The number of carbonyl (C=O) groups excluding carboxylic acids is 2. The van der Waals surface area contributed by atoms with Crippen LogP contribution in [0.25, 0.3) is 6.08 Å². The average molecular weight is 1240 g/mol. The zero-order valence-electron chi connectivity index (χ0n) is 51.1. The third kappa shape index (κ3) is 20.7. The van der Waals surface area contributed by atoms with E-state index >= 15 is 0 Å². The molecule has 0 aromatic heterocycles. The van der Waals surface area contributed by atoms with E-state index in [-0.39, 0.29) is 26.2 Å². The van der Waals surface area contributed by atoms with Gasteiger partial charge in [-0.05, 0) is 122 Å². The number of nitrogens with zero attached hydrogens (tertiary/aromatic N) is 2. The van der Waals surface area contributed by atoms with Crippen LogP contribution in [0.2, 0.25) is 0 Å². The van der Waals surface area contributed by atoms with Crippen LogP contribution in [0, 0.1) is 5.41 Å². The van der Waals surface area contributed by atoms with Gasteiger partial charge in [0.05, 0.1) is 56.5 Å². The van der Waals surface area contributed by atoms with E-state index in [0.717, 1.165) is 63.8 Å². The largest absolute Gasteiger partial charge is 0.493 e. The normalized spacial score (nSPS) is 14.0. The van der Waals surface area contributed by atoms with Crippen molar-refractivity contribution in [1.82, 2.24) is 16.4 Å². The molecule has 0 bridgehead atoms. The van der Waals surface area contributed by atoms with Crippen molar-refractivity contribution in [3.63, 3.8) is 0 Å². The Morgan fingerprint density at radius 1 is 0.640 bits per heavy atom. The fraction of sp³-hybridized carbons (Fsp3) is 0.319. The number of anilines is 1. The zero-order chi connectivity index (χ0) is 62.2. The molecule has 89 heavy (non-hydrogen) atoms. The minimum atomic E-state index is -4.27. The summed E-state index contributed by atoms with van der Waals surface area (Å²) in [5.74, 6) is 9.34. The van der Waals surface area contributed by atoms with E-state index < -0.39 is 38.5 Å². The second-order valence-electron chi connectivity index (χ2n) is 21.1. The predicted octanol–water partition coefficient (Wildman–Crippen LogP) is 12.4. The first-order valence-electron chi connectivity index (χ1n) is 28.5. The highest BCUT2D eigenvalue weighted by molar-refractivity contribution is 8.06. The van der Waals surface area contributed by atoms with Crippen molar-refractivity contribution in [1.29, 1.82) is 5.41 Å². The number of carbonyl (C=O) groups is 2. The Morgan fingerprint density at radius 3 is 1.64 bits per heavy atom. The van der Waals surface area contributed by atoms with Crippen LogP contribution in [0.3, 0.4) is 0 Å². The van der Waals surface area contributed by atoms with Crippen molar-refractivity contribution in [3.05, 3.63) is 214 Å². The molecule has 2 atom stereocenters. The van der Waals surface area contributed by atoms with Gasteiger partial charge in [0, 0.05) is 32.9 Å². The van der Waals surface area contributed by atoms with Crippen molar-refractivity contribution in [3.8, 4) is 34.5 Å². The minimum Gasteiger partial charge on any atom is -0.493 e. The van der Waals surface area contributed by atoms with Gasteiger partial charge in [0.1, 0.15) is 43.5 Å². The number of fused-ring (bicyclic) bond motifs is 2. The number of hydrazine groups is 1. The number of hydrogen-bond donors (Lipinski definition) is 4. The number of methoxy groups -OCH3 is 4. The van der Waals surface area contributed by atoms with Crippen LogP contribution in [0.15, 0.2) is 170 Å². The number of para-hydroxylation sites is 3. The lowest BCUT2D eigenvalue weighted by molar-refractivity contribution is 0.0162. The summed E-state index contributed by atoms with van der Waals surface area (Å²) >= 11 is 0. The molecule has 0 saturated carbocycles. The van der Waals surface area contributed by atoms with Crippen LogP contribution >= 0.6 is 0 Å². The number of nitrogens with two attached hydrogens (primary N) is 1. The molecule has 0 spiro atoms. The van der Waals surface area contributed by atoms with Gasteiger partial charge in [0.15, 0.2) is 29.3 Å². The highest BCUT2D eigenvalue weighted by atomic mass is 32.2. The van der Waals surface area contributed by atoms with E-state index in [9.17, 15) is 18.0 Å². The molecule has 2 heterocycles. The molecule has 2 unspecified atom stereocenters. The Kier molecular flexibility index (Phi) is 28.2. The molecule has 1 amide bonds. The standard InChI is InChI=1S/C30H36N4O6S.C28H31NO4.C10H12O3.CH4.H3N/c1-30(2,3)40-29(35)33-16-15-22-17-27(39-19-21-11-7-5-8-12-21)26(38-4)18-24(22)25(33)20-41(36,37)28(31)34(32)23-13-9-6-10-14-23;1-30-16-17-32-26-11-7-6-10-22(26)12-13-25-24-19-27(31-2)28(18-23(24)14-15-29-25)33-20-21-8-4-3-5-9-21;1-12-6-7-13-10-5-3-2-4-9(10)8-11;;/h5-14,17-18,25,31H,15-16,19-20,32H2,1-4H3;3-13,18-19,25,29H,14-17,20H2,1-2H3;2-5,8H,6-7H2,1H3;1H4;1H3/b;13-12+;;;. The summed E-state index contributed by atoms with van der Waals surface area (Å²) in [5, 5.41) is 12.1. The number of amidine groups is 1. The third-order valence-electron chi connectivity index (χ3n) is 13.9. The topological polar surface area (TPSA) is 255 Å². The molecule has 20 heteroatoms. The maximum Gasteiger partial charge on any atom is 0.410 e. The lowest BCUT2D eigenvalue weighted by Gasteiger charge is -2.38. The summed E-state index contributed by atoms with van der Waals surface area (Å²) in [4.78, 5) is 25.2. The van der Waals surface area contributed by atoms with Crippen LogP contribution in [0.4, 0.5) is 10.5 Å². The summed E-state index contributed by atoms with van der Waals surface area (Å²) < 4.78 is 77.4. The first-order valence-corrected chi connectivity index (χ1v) is 30.2. The van der Waals surface area contributed by atoms with Crippen molar-refractivity contribution >= 4 is 39.1 Å². The second-order valence-corrected chi connectivity index (χ2v) is 23.1. The number of aldehydes is 1. The third-order valence-corrected chi connectivity index (χ3v) is 15.4. The molecular formula is C69H86N6O13S. The smallest absolute Gasteiger partial charge is 0.410 e. The number of nitrogens with one attached hydrogen (secondary N) is 2. The summed E-state index contributed by atoms with van der Waals surface area (Å²) in [7, 11) is 2.19. The molecule has 0 saturated heterocycles. The van der Waals surface area contributed by atoms with E-state index in [1.54, 1.807) is 96.7 Å². The van der Waals surface area contributed by atoms with Crippen LogP contribution in [0.5, 0.6) is 34.5 Å². The Labute approximate surface area is 524 Å². The van der Waals surface area contributed by atoms with Crippen molar-refractivity contribution in [2.75, 3.05) is 78.7 Å². The minimum absolute atomic E-state index is 0. The van der Waals surface area contributed by atoms with Crippen LogP contribution < -0.4 is 50.7 Å². The first-order chi connectivity index (χ1) is 42.1. The van der Waals surface area contributed by atoms with Crippen molar-refractivity contribution in [2.45, 2.75) is 71.9 Å². The first kappa shape index (κ1) is 71.0. The van der Waals surface area contributed by atoms with E-state index in [4.69, 9.17) is 53.9 Å². The number of hydrogen-bond acceptors (Lipinski definition) is 17. The fourth-order valence-electron chi connectivity index (χ4n) is 9.48. The highest BCUT2D eigenvalue weighted by Crippen LogP contribution is 2.41. The van der Waals surface area contributed by atoms with Gasteiger partial charge in [-0.25, -0.2) is 19.1 Å². The van der Waals surface area contributed by atoms with Crippen LogP contribution in [0.1, 0.15) is 89.6 Å². The number of benzene rings is 7. The molecule has 0 radical (unpaired) electrons. The Hall–Kier alpha value is -8.76. The lowest BCUT2D eigenvalue weighted by atomic mass is 9.93. The fourth-order valence-corrected chi connectivity index (χ4v) is 10.8. The van der Waals surface area contributed by atoms with Gasteiger partial charge in [-0.1, -0.05) is 129 Å². The number of rotatable bonds is 22. The molecule has 2 aliphatic rings. The van der Waals surface area contributed by atoms with Crippen LogP contribution in [-0.4, -0.2) is 110 Å². The SMILES string of the molecule is C.COCCOc1ccccc1/C=C/C1NCCc2cc(OCc3ccccc3)c(OC)cc21.COCCOc1ccccc1C=O.COc1cc2c(cc1OCc1ccccc1)CCN(C(=O)OC(C)(C)C)C2CS(=O)(=O)C(=N)N(N)c1ccccc1.N. The maximum absolute atomic E-state index is 13.6. The zero-order valence-corrected chi connectivity index (χ0v) is 52.0. The quantitative estimate of drug-likeness (QED) is 0.0123. The predicted molar refractivity (Wildman–Crippen MR) is 350 cm³/mol. The molecule has 7 aromatic carbocycles. The number of ether oxygens (including phenoxy) is 9. The molecule has 9 rings (SSSR count). The Bertz CT molecular complexity index is 3480. The molecular weight excluding hydrogens is 1150 g/mol. The van der Waals surface area contributed by atoms with Crippen molar-refractivity contribution in [2.24, 2.45) is 5.84 Å². The Balaban J connectivity index is 0.000000268.